The zero-order chi connectivity index (χ0) is 12.3. The second-order valence-electron chi connectivity index (χ2n) is 4.89. The summed E-state index contributed by atoms with van der Waals surface area (Å²) >= 11 is 0. The van der Waals surface area contributed by atoms with E-state index in [0.29, 0.717) is 6.54 Å². The number of hydrogen-bond donors (Lipinski definition) is 2. The van der Waals surface area contributed by atoms with Crippen LogP contribution in [0.5, 0.6) is 0 Å². The Labute approximate surface area is 115 Å². The maximum absolute atomic E-state index is 12.1. The molecule has 1 aliphatic carbocycles. The monoisotopic (exact) mass is 268 g/mol. The SMILES string of the molecule is CCCC1(C(=O)Nc2ccc(CN)cc2)CC1.Cl. The fourth-order valence-corrected chi connectivity index (χ4v) is 2.21. The van der Waals surface area contributed by atoms with Crippen LogP contribution in [0, 0.1) is 5.41 Å². The van der Waals surface area contributed by atoms with Crippen molar-refractivity contribution in [3.63, 3.8) is 0 Å². The molecule has 0 aliphatic heterocycles. The van der Waals surface area contributed by atoms with Crippen molar-refractivity contribution in [2.45, 2.75) is 39.2 Å². The largest absolute Gasteiger partial charge is 0.326 e. The number of anilines is 1. The first-order chi connectivity index (χ1) is 8.20. The van der Waals surface area contributed by atoms with Gasteiger partial charge < -0.3 is 11.1 Å². The first-order valence-electron chi connectivity index (χ1n) is 6.31. The maximum Gasteiger partial charge on any atom is 0.230 e. The van der Waals surface area contributed by atoms with E-state index < -0.39 is 0 Å². The van der Waals surface area contributed by atoms with Crippen molar-refractivity contribution in [2.75, 3.05) is 5.32 Å². The van der Waals surface area contributed by atoms with Gasteiger partial charge in [-0.05, 0) is 37.0 Å². The van der Waals surface area contributed by atoms with Gasteiger partial charge in [0, 0.05) is 17.6 Å². The Bertz CT molecular complexity index is 399. The van der Waals surface area contributed by atoms with E-state index >= 15 is 0 Å². The van der Waals surface area contributed by atoms with Crippen molar-refractivity contribution < 1.29 is 4.79 Å². The minimum absolute atomic E-state index is 0. The van der Waals surface area contributed by atoms with E-state index in [2.05, 4.69) is 12.2 Å². The lowest BCUT2D eigenvalue weighted by molar-refractivity contribution is -0.121. The summed E-state index contributed by atoms with van der Waals surface area (Å²) in [6.07, 6.45) is 4.14. The predicted molar refractivity (Wildman–Crippen MR) is 76.8 cm³/mol. The second-order valence-corrected chi connectivity index (χ2v) is 4.89. The van der Waals surface area contributed by atoms with Gasteiger partial charge >= 0.3 is 0 Å². The van der Waals surface area contributed by atoms with Gasteiger partial charge in [-0.2, -0.15) is 0 Å². The minimum Gasteiger partial charge on any atom is -0.326 e. The van der Waals surface area contributed by atoms with Crippen LogP contribution >= 0.6 is 12.4 Å². The predicted octanol–water partition coefficient (Wildman–Crippen LogP) is 3.09. The van der Waals surface area contributed by atoms with Gasteiger partial charge in [-0.15, -0.1) is 12.4 Å². The topological polar surface area (TPSA) is 55.1 Å². The summed E-state index contributed by atoms with van der Waals surface area (Å²) in [5, 5.41) is 3.00. The molecule has 0 bridgehead atoms. The van der Waals surface area contributed by atoms with Crippen molar-refractivity contribution >= 4 is 24.0 Å². The lowest BCUT2D eigenvalue weighted by Gasteiger charge is -2.14. The third kappa shape index (κ3) is 3.24. The highest BCUT2D eigenvalue weighted by Crippen LogP contribution is 2.50. The zero-order valence-electron chi connectivity index (χ0n) is 10.7. The molecule has 0 unspecified atom stereocenters. The van der Waals surface area contributed by atoms with Crippen LogP contribution in [0.25, 0.3) is 0 Å². The van der Waals surface area contributed by atoms with Crippen molar-refractivity contribution in [1.82, 2.24) is 0 Å². The van der Waals surface area contributed by atoms with E-state index in [0.717, 1.165) is 36.9 Å². The van der Waals surface area contributed by atoms with Gasteiger partial charge in [-0.1, -0.05) is 25.5 Å². The van der Waals surface area contributed by atoms with Crippen LogP contribution < -0.4 is 11.1 Å². The Hall–Kier alpha value is -1.06. The fraction of sp³-hybridized carbons (Fsp3) is 0.500. The first kappa shape index (κ1) is 15.0. The minimum atomic E-state index is -0.0682. The number of carbonyl (C=O) groups excluding carboxylic acids is 1. The molecule has 1 aliphatic rings. The highest BCUT2D eigenvalue weighted by molar-refractivity contribution is 5.97. The van der Waals surface area contributed by atoms with Crippen LogP contribution in [-0.4, -0.2) is 5.91 Å². The zero-order valence-corrected chi connectivity index (χ0v) is 11.6. The van der Waals surface area contributed by atoms with Gasteiger partial charge in [0.2, 0.25) is 5.91 Å². The molecule has 1 aromatic rings. The Kier molecular flexibility index (Phi) is 5.17. The molecule has 0 heterocycles. The van der Waals surface area contributed by atoms with Crippen LogP contribution in [-0.2, 0) is 11.3 Å². The summed E-state index contributed by atoms with van der Waals surface area (Å²) in [7, 11) is 0. The maximum atomic E-state index is 12.1. The molecule has 3 nitrogen and oxygen atoms in total. The van der Waals surface area contributed by atoms with Crippen LogP contribution in [0.15, 0.2) is 24.3 Å². The first-order valence-corrected chi connectivity index (χ1v) is 6.31. The smallest absolute Gasteiger partial charge is 0.230 e. The molecule has 1 amide bonds. The lowest BCUT2D eigenvalue weighted by atomic mass is 9.99. The van der Waals surface area contributed by atoms with E-state index in [1.54, 1.807) is 0 Å². The van der Waals surface area contributed by atoms with Crippen molar-refractivity contribution in [3.8, 4) is 0 Å². The van der Waals surface area contributed by atoms with Gasteiger partial charge in [0.25, 0.3) is 0 Å². The molecule has 0 radical (unpaired) electrons. The third-order valence-electron chi connectivity index (χ3n) is 3.51. The molecule has 1 aromatic carbocycles. The number of benzene rings is 1. The van der Waals surface area contributed by atoms with Gasteiger partial charge in [0.15, 0.2) is 0 Å². The van der Waals surface area contributed by atoms with Crippen molar-refractivity contribution in [3.05, 3.63) is 29.8 Å². The quantitative estimate of drug-likeness (QED) is 0.862. The van der Waals surface area contributed by atoms with Gasteiger partial charge in [-0.25, -0.2) is 0 Å². The Morgan fingerprint density at radius 1 is 1.33 bits per heavy atom. The molecule has 4 heteroatoms. The van der Waals surface area contributed by atoms with Gasteiger partial charge in [0.1, 0.15) is 0 Å². The summed E-state index contributed by atoms with van der Waals surface area (Å²) in [5.74, 6) is 0.180. The molecule has 0 saturated heterocycles. The van der Waals surface area contributed by atoms with Gasteiger partial charge in [0.05, 0.1) is 0 Å². The highest BCUT2D eigenvalue weighted by Gasteiger charge is 2.48. The number of nitrogens with two attached hydrogens (primary N) is 1. The molecule has 1 fully saturated rings. The Morgan fingerprint density at radius 2 is 1.94 bits per heavy atom. The van der Waals surface area contributed by atoms with Crippen LogP contribution in [0.2, 0.25) is 0 Å². The average molecular weight is 269 g/mol. The summed E-state index contributed by atoms with van der Waals surface area (Å²) in [6, 6.07) is 7.74. The normalized spacial score (nSPS) is 15.7. The molecule has 100 valence electrons. The van der Waals surface area contributed by atoms with Gasteiger partial charge in [-0.3, -0.25) is 4.79 Å². The van der Waals surface area contributed by atoms with E-state index in [1.165, 1.54) is 0 Å². The highest BCUT2D eigenvalue weighted by atomic mass is 35.5. The number of rotatable bonds is 5. The molecular weight excluding hydrogens is 248 g/mol. The number of amides is 1. The second kappa shape index (κ2) is 6.21. The number of nitrogens with one attached hydrogen (secondary N) is 1. The molecular formula is C14H21ClN2O. The van der Waals surface area contributed by atoms with E-state index in [9.17, 15) is 4.79 Å². The molecule has 18 heavy (non-hydrogen) atoms. The summed E-state index contributed by atoms with van der Waals surface area (Å²) in [6.45, 7) is 2.66. The van der Waals surface area contributed by atoms with E-state index in [1.807, 2.05) is 24.3 Å². The molecule has 3 N–H and O–H groups in total. The lowest BCUT2D eigenvalue weighted by Crippen LogP contribution is -2.24. The van der Waals surface area contributed by atoms with Crippen molar-refractivity contribution in [2.24, 2.45) is 11.1 Å². The van der Waals surface area contributed by atoms with E-state index in [-0.39, 0.29) is 23.7 Å². The molecule has 0 atom stereocenters. The number of hydrogen-bond acceptors (Lipinski definition) is 2. The third-order valence-corrected chi connectivity index (χ3v) is 3.51. The summed E-state index contributed by atoms with van der Waals surface area (Å²) in [4.78, 5) is 12.1. The standard InChI is InChI=1S/C14H20N2O.ClH/c1-2-7-14(8-9-14)13(17)16-12-5-3-11(10-15)4-6-12;/h3-6H,2,7-10,15H2,1H3,(H,16,17);1H. The molecule has 0 aromatic heterocycles. The van der Waals surface area contributed by atoms with Crippen molar-refractivity contribution in [1.29, 1.82) is 0 Å². The number of carbonyl (C=O) groups is 1. The fourth-order valence-electron chi connectivity index (χ4n) is 2.21. The Balaban J connectivity index is 0.00000162. The summed E-state index contributed by atoms with van der Waals surface area (Å²) in [5.41, 5.74) is 7.42. The molecule has 1 saturated carbocycles. The average Bonchev–Trinajstić information content (AvgIpc) is 3.12. The number of halogens is 1. The van der Waals surface area contributed by atoms with Crippen LogP contribution in [0.3, 0.4) is 0 Å². The molecule has 0 spiro atoms. The van der Waals surface area contributed by atoms with E-state index in [4.69, 9.17) is 5.73 Å². The Morgan fingerprint density at radius 3 is 2.39 bits per heavy atom. The van der Waals surface area contributed by atoms with Crippen LogP contribution in [0.1, 0.15) is 38.2 Å². The molecule has 2 rings (SSSR count). The summed E-state index contributed by atoms with van der Waals surface area (Å²) < 4.78 is 0. The van der Waals surface area contributed by atoms with Crippen LogP contribution in [0.4, 0.5) is 5.69 Å².